The highest BCUT2D eigenvalue weighted by molar-refractivity contribution is 7.17. The Morgan fingerprint density at radius 1 is 1.08 bits per heavy atom. The number of aromatic nitrogens is 1. The number of benzene rings is 1. The normalized spacial score (nSPS) is 10.4. The Morgan fingerprint density at radius 2 is 1.83 bits per heavy atom. The molecule has 0 aliphatic heterocycles. The molecule has 5 nitrogen and oxygen atoms in total. The summed E-state index contributed by atoms with van der Waals surface area (Å²) in [5.41, 5.74) is 1.19. The molecule has 0 aliphatic carbocycles. The molecular formula is C17H14N2O3S2. The summed E-state index contributed by atoms with van der Waals surface area (Å²) in [6.45, 7) is 0. The minimum Gasteiger partial charge on any atom is -0.465 e. The number of nitrogens with zero attached hydrogens (tertiary/aromatic N) is 1. The van der Waals surface area contributed by atoms with Gasteiger partial charge >= 0.3 is 5.97 Å². The third-order valence-corrected chi connectivity index (χ3v) is 5.19. The Bertz CT molecular complexity index is 856. The number of carbonyl (C=O) groups excluding carboxylic acids is 2. The van der Waals surface area contributed by atoms with Crippen LogP contribution in [0.25, 0.3) is 0 Å². The summed E-state index contributed by atoms with van der Waals surface area (Å²) < 4.78 is 4.64. The van der Waals surface area contributed by atoms with E-state index in [4.69, 9.17) is 0 Å². The molecule has 1 N–H and O–H groups in total. The number of thiophene rings is 1. The summed E-state index contributed by atoms with van der Waals surface area (Å²) in [4.78, 5) is 29.8. The van der Waals surface area contributed by atoms with Crippen LogP contribution in [0.3, 0.4) is 0 Å². The second-order valence-corrected chi connectivity index (χ2v) is 7.10. The van der Waals surface area contributed by atoms with E-state index in [0.717, 1.165) is 22.6 Å². The number of hydrogen-bond acceptors (Lipinski definition) is 6. The summed E-state index contributed by atoms with van der Waals surface area (Å²) >= 11 is 2.53. The Balaban J connectivity index is 1.65. The van der Waals surface area contributed by atoms with Gasteiger partial charge in [-0.2, -0.15) is 0 Å². The first kappa shape index (κ1) is 16.4. The van der Waals surface area contributed by atoms with Crippen molar-refractivity contribution in [2.24, 2.45) is 0 Å². The van der Waals surface area contributed by atoms with Crippen molar-refractivity contribution < 1.29 is 14.3 Å². The summed E-state index contributed by atoms with van der Waals surface area (Å²) in [5, 5.41) is 3.30. The number of carbonyl (C=O) groups is 2. The van der Waals surface area contributed by atoms with Gasteiger partial charge in [0.15, 0.2) is 5.13 Å². The van der Waals surface area contributed by atoms with Crippen LogP contribution in [0.5, 0.6) is 0 Å². The zero-order valence-electron chi connectivity index (χ0n) is 12.8. The smallest absolute Gasteiger partial charge is 0.348 e. The van der Waals surface area contributed by atoms with E-state index in [9.17, 15) is 9.59 Å². The average Bonchev–Trinajstić information content (AvgIpc) is 3.25. The minimum atomic E-state index is -0.446. The molecule has 0 saturated heterocycles. The van der Waals surface area contributed by atoms with Gasteiger partial charge in [0.1, 0.15) is 4.88 Å². The van der Waals surface area contributed by atoms with Gasteiger partial charge in [-0.15, -0.1) is 22.7 Å². The molecule has 0 bridgehead atoms. The van der Waals surface area contributed by atoms with Crippen LogP contribution in [0.4, 0.5) is 5.13 Å². The molecular weight excluding hydrogens is 344 g/mol. The largest absolute Gasteiger partial charge is 0.465 e. The lowest BCUT2D eigenvalue weighted by atomic mass is 10.1. The lowest BCUT2D eigenvalue weighted by molar-refractivity contribution is 0.0606. The van der Waals surface area contributed by atoms with Crippen LogP contribution in [0.15, 0.2) is 48.7 Å². The molecule has 7 heteroatoms. The van der Waals surface area contributed by atoms with Crippen molar-refractivity contribution in [2.75, 3.05) is 12.4 Å². The highest BCUT2D eigenvalue weighted by Crippen LogP contribution is 2.23. The van der Waals surface area contributed by atoms with E-state index >= 15 is 0 Å². The standard InChI is InChI=1S/C17H14N2O3S2/c1-22-16(21)14-8-7-13(24-14)15(20)19-17-18-10-12(23-17)9-11-5-3-2-4-6-11/h2-8,10H,9H2,1H3,(H,18,19,20). The van der Waals surface area contributed by atoms with Crippen LogP contribution >= 0.6 is 22.7 Å². The maximum Gasteiger partial charge on any atom is 0.348 e. The van der Waals surface area contributed by atoms with Crippen molar-refractivity contribution >= 4 is 39.7 Å². The molecule has 1 amide bonds. The van der Waals surface area contributed by atoms with Crippen LogP contribution in [-0.4, -0.2) is 24.0 Å². The fraction of sp³-hybridized carbons (Fsp3) is 0.118. The van der Waals surface area contributed by atoms with Gasteiger partial charge in [-0.1, -0.05) is 30.3 Å². The fourth-order valence-corrected chi connectivity index (χ4v) is 3.73. The number of rotatable bonds is 5. The van der Waals surface area contributed by atoms with Crippen LogP contribution in [-0.2, 0) is 11.2 Å². The number of hydrogen-bond donors (Lipinski definition) is 1. The van der Waals surface area contributed by atoms with Crippen LogP contribution in [0, 0.1) is 0 Å². The predicted molar refractivity (Wildman–Crippen MR) is 95.0 cm³/mol. The molecule has 0 fully saturated rings. The van der Waals surface area contributed by atoms with Gasteiger partial charge in [0, 0.05) is 17.5 Å². The number of esters is 1. The third kappa shape index (κ3) is 3.87. The SMILES string of the molecule is COC(=O)c1ccc(C(=O)Nc2ncc(Cc3ccccc3)s2)s1. The monoisotopic (exact) mass is 358 g/mol. The predicted octanol–water partition coefficient (Wildman–Crippen LogP) is 3.83. The van der Waals surface area contributed by atoms with E-state index in [2.05, 4.69) is 27.2 Å². The molecule has 3 aromatic rings. The first-order valence-corrected chi connectivity index (χ1v) is 8.77. The minimum absolute atomic E-state index is 0.282. The molecule has 122 valence electrons. The van der Waals surface area contributed by atoms with Crippen LogP contribution in [0.2, 0.25) is 0 Å². The van der Waals surface area contributed by atoms with Crippen LogP contribution in [0.1, 0.15) is 29.8 Å². The number of nitrogens with one attached hydrogen (secondary N) is 1. The van der Waals surface area contributed by atoms with Gasteiger partial charge in [-0.3, -0.25) is 10.1 Å². The molecule has 24 heavy (non-hydrogen) atoms. The van der Waals surface area contributed by atoms with Gasteiger partial charge in [-0.05, 0) is 17.7 Å². The molecule has 0 saturated carbocycles. The summed E-state index contributed by atoms with van der Waals surface area (Å²) in [5.74, 6) is -0.728. The van der Waals surface area contributed by atoms with Gasteiger partial charge in [0.25, 0.3) is 5.91 Å². The first-order valence-electron chi connectivity index (χ1n) is 7.14. The van der Waals surface area contributed by atoms with E-state index in [1.807, 2.05) is 18.2 Å². The van der Waals surface area contributed by atoms with Gasteiger partial charge in [0.05, 0.1) is 12.0 Å². The van der Waals surface area contributed by atoms with E-state index in [-0.39, 0.29) is 5.91 Å². The zero-order chi connectivity index (χ0) is 16.9. The van der Waals surface area contributed by atoms with Crippen LogP contribution < -0.4 is 5.32 Å². The Morgan fingerprint density at radius 3 is 2.58 bits per heavy atom. The summed E-state index contributed by atoms with van der Waals surface area (Å²) in [7, 11) is 1.31. The number of amides is 1. The lowest BCUT2D eigenvalue weighted by Gasteiger charge is -1.98. The van der Waals surface area contributed by atoms with E-state index in [0.29, 0.717) is 14.9 Å². The van der Waals surface area contributed by atoms with Crippen molar-refractivity contribution in [3.8, 4) is 0 Å². The number of thiazole rings is 1. The van der Waals surface area contributed by atoms with Crippen molar-refractivity contribution in [1.29, 1.82) is 0 Å². The third-order valence-electron chi connectivity index (χ3n) is 3.21. The molecule has 0 unspecified atom stereocenters. The molecule has 1 aromatic carbocycles. The van der Waals surface area contributed by atoms with Crippen molar-refractivity contribution in [3.63, 3.8) is 0 Å². The van der Waals surface area contributed by atoms with E-state index in [1.54, 1.807) is 18.3 Å². The van der Waals surface area contributed by atoms with Gasteiger partial charge < -0.3 is 4.74 Å². The Hall–Kier alpha value is -2.51. The van der Waals surface area contributed by atoms with Gasteiger partial charge in [-0.25, -0.2) is 9.78 Å². The second kappa shape index (κ2) is 7.37. The molecule has 0 radical (unpaired) electrons. The molecule has 0 aliphatic rings. The average molecular weight is 358 g/mol. The Labute approximate surface area is 146 Å². The molecule has 0 atom stereocenters. The molecule has 2 heterocycles. The molecule has 0 spiro atoms. The number of methoxy groups -OCH3 is 1. The van der Waals surface area contributed by atoms with Crippen molar-refractivity contribution in [2.45, 2.75) is 6.42 Å². The second-order valence-electron chi connectivity index (χ2n) is 4.90. The maximum absolute atomic E-state index is 12.2. The molecule has 3 rings (SSSR count). The topological polar surface area (TPSA) is 68.3 Å². The number of ether oxygens (including phenoxy) is 1. The fourth-order valence-electron chi connectivity index (χ4n) is 2.07. The maximum atomic E-state index is 12.2. The first-order chi connectivity index (χ1) is 11.7. The summed E-state index contributed by atoms with van der Waals surface area (Å²) in [6, 6.07) is 13.3. The Kier molecular flexibility index (Phi) is 5.02. The van der Waals surface area contributed by atoms with Gasteiger partial charge in [0.2, 0.25) is 0 Å². The van der Waals surface area contributed by atoms with Crippen molar-refractivity contribution in [1.82, 2.24) is 4.98 Å². The van der Waals surface area contributed by atoms with Crippen molar-refractivity contribution in [3.05, 3.63) is 68.9 Å². The molecule has 2 aromatic heterocycles. The summed E-state index contributed by atoms with van der Waals surface area (Å²) in [6.07, 6.45) is 2.54. The quantitative estimate of drug-likeness (QED) is 0.704. The lowest BCUT2D eigenvalue weighted by Crippen LogP contribution is -2.09. The highest BCUT2D eigenvalue weighted by atomic mass is 32.1. The zero-order valence-corrected chi connectivity index (χ0v) is 14.4. The highest BCUT2D eigenvalue weighted by Gasteiger charge is 2.15. The van der Waals surface area contributed by atoms with E-state index < -0.39 is 5.97 Å². The number of anilines is 1. The van der Waals surface area contributed by atoms with E-state index in [1.165, 1.54) is 24.0 Å².